The van der Waals surface area contributed by atoms with Crippen LogP contribution in [0.5, 0.6) is 0 Å². The number of aliphatic hydroxyl groups is 1. The Bertz CT molecular complexity index is 857. The highest BCUT2D eigenvalue weighted by Gasteiger charge is 2.53. The molecule has 2 heterocycles. The third-order valence-corrected chi connectivity index (χ3v) is 6.03. The van der Waals surface area contributed by atoms with E-state index >= 15 is 0 Å². The van der Waals surface area contributed by atoms with Crippen LogP contribution < -0.4 is 0 Å². The Labute approximate surface area is 167 Å². The predicted octanol–water partition coefficient (Wildman–Crippen LogP) is 3.20. The van der Waals surface area contributed by atoms with Crippen LogP contribution in [0.3, 0.4) is 0 Å². The second kappa shape index (κ2) is 7.90. The Hall–Kier alpha value is -2.43. The van der Waals surface area contributed by atoms with Crippen LogP contribution >= 0.6 is 0 Å². The van der Waals surface area contributed by atoms with Crippen LogP contribution in [0.4, 0.5) is 0 Å². The largest absolute Gasteiger partial charge is 0.394 e. The summed E-state index contributed by atoms with van der Waals surface area (Å²) in [7, 11) is 0. The first-order valence-electron chi connectivity index (χ1n) is 10.0. The first-order chi connectivity index (χ1) is 13.6. The van der Waals surface area contributed by atoms with Gasteiger partial charge in [-0.15, -0.1) is 0 Å². The van der Waals surface area contributed by atoms with Crippen LogP contribution in [-0.2, 0) is 11.3 Å². The molecular weight excluding hydrogens is 348 g/mol. The average Bonchev–Trinajstić information content (AvgIpc) is 2.67. The molecule has 2 aromatic rings. The zero-order valence-electron chi connectivity index (χ0n) is 16.6. The number of aliphatic hydroxyl groups excluding tert-OH is 1. The van der Waals surface area contributed by atoms with E-state index in [4.69, 9.17) is 0 Å². The Morgan fingerprint density at radius 3 is 2.46 bits per heavy atom. The van der Waals surface area contributed by atoms with Gasteiger partial charge in [0.1, 0.15) is 0 Å². The fraction of sp³-hybridized carbons (Fsp3) is 0.375. The minimum absolute atomic E-state index is 0.0154. The van der Waals surface area contributed by atoms with Gasteiger partial charge in [0.2, 0.25) is 5.91 Å². The van der Waals surface area contributed by atoms with E-state index in [9.17, 15) is 9.90 Å². The molecule has 2 aliphatic heterocycles. The molecular formula is C24H28N2O2. The van der Waals surface area contributed by atoms with Crippen LogP contribution in [-0.4, -0.2) is 52.6 Å². The summed E-state index contributed by atoms with van der Waals surface area (Å²) < 4.78 is 0. The van der Waals surface area contributed by atoms with E-state index < -0.39 is 0 Å². The molecule has 0 radical (unpaired) electrons. The standard InChI is InChI=1S/C24H28N2O2/c1-3-4-18-9-11-20(12-10-18)24-21-14-25(13-19-7-5-17(2)6-8-19)15-23(28)26(21)22(24)16-27/h3-12,21-22,24,27H,13-16H2,1-2H3/b4-3+/t21-,22+,24-/m0/s1. The normalized spacial score (nSPS) is 25.0. The van der Waals surface area contributed by atoms with Gasteiger partial charge >= 0.3 is 0 Å². The molecule has 0 bridgehead atoms. The van der Waals surface area contributed by atoms with Crippen LogP contribution in [0, 0.1) is 6.92 Å². The summed E-state index contributed by atoms with van der Waals surface area (Å²) in [6.45, 7) is 6.16. The Morgan fingerprint density at radius 1 is 1.11 bits per heavy atom. The minimum Gasteiger partial charge on any atom is -0.394 e. The number of hydrogen-bond acceptors (Lipinski definition) is 3. The number of nitrogens with zero attached hydrogens (tertiary/aromatic N) is 2. The quantitative estimate of drug-likeness (QED) is 0.872. The number of carbonyl (C=O) groups is 1. The van der Waals surface area contributed by atoms with Crippen molar-refractivity contribution in [3.05, 3.63) is 76.9 Å². The summed E-state index contributed by atoms with van der Waals surface area (Å²) in [6.07, 6.45) is 4.10. The second-order valence-electron chi connectivity index (χ2n) is 7.97. The van der Waals surface area contributed by atoms with Gasteiger partial charge in [0.15, 0.2) is 0 Å². The molecule has 4 rings (SSSR count). The number of aryl methyl sites for hydroxylation is 1. The van der Waals surface area contributed by atoms with Crippen molar-refractivity contribution in [2.75, 3.05) is 19.7 Å². The first kappa shape index (κ1) is 18.9. The maximum Gasteiger partial charge on any atom is 0.237 e. The molecule has 0 aromatic heterocycles. The topological polar surface area (TPSA) is 43.8 Å². The molecule has 4 nitrogen and oxygen atoms in total. The lowest BCUT2D eigenvalue weighted by Crippen LogP contribution is -2.72. The number of allylic oxidation sites excluding steroid dienone is 1. The van der Waals surface area contributed by atoms with Crippen LogP contribution in [0.1, 0.15) is 35.1 Å². The van der Waals surface area contributed by atoms with E-state index in [0.29, 0.717) is 6.54 Å². The van der Waals surface area contributed by atoms with Crippen LogP contribution in [0.15, 0.2) is 54.6 Å². The molecule has 0 unspecified atom stereocenters. The van der Waals surface area contributed by atoms with Gasteiger partial charge in [-0.25, -0.2) is 0 Å². The fourth-order valence-electron chi connectivity index (χ4n) is 4.66. The molecule has 4 heteroatoms. The maximum atomic E-state index is 12.8. The van der Waals surface area contributed by atoms with Crippen molar-refractivity contribution >= 4 is 12.0 Å². The average molecular weight is 377 g/mol. The highest BCUT2D eigenvalue weighted by atomic mass is 16.3. The minimum atomic E-state index is -0.105. The number of hydrogen-bond donors (Lipinski definition) is 1. The molecule has 3 atom stereocenters. The summed E-state index contributed by atoms with van der Waals surface area (Å²) >= 11 is 0. The molecule has 0 aliphatic carbocycles. The number of amides is 1. The van der Waals surface area contributed by atoms with Gasteiger partial charge in [-0.05, 0) is 30.5 Å². The van der Waals surface area contributed by atoms with E-state index in [1.807, 2.05) is 17.9 Å². The van der Waals surface area contributed by atoms with E-state index in [1.165, 1.54) is 22.3 Å². The van der Waals surface area contributed by atoms with Gasteiger partial charge in [0.25, 0.3) is 0 Å². The maximum absolute atomic E-state index is 12.8. The summed E-state index contributed by atoms with van der Waals surface area (Å²) in [4.78, 5) is 16.9. The van der Waals surface area contributed by atoms with Gasteiger partial charge in [0.05, 0.1) is 25.2 Å². The second-order valence-corrected chi connectivity index (χ2v) is 7.97. The van der Waals surface area contributed by atoms with Gasteiger partial charge in [-0.1, -0.05) is 66.2 Å². The predicted molar refractivity (Wildman–Crippen MR) is 112 cm³/mol. The lowest BCUT2D eigenvalue weighted by molar-refractivity contribution is -0.162. The van der Waals surface area contributed by atoms with Crippen LogP contribution in [0.25, 0.3) is 6.08 Å². The van der Waals surface area contributed by atoms with E-state index in [0.717, 1.165) is 13.1 Å². The van der Waals surface area contributed by atoms with Crippen molar-refractivity contribution in [3.63, 3.8) is 0 Å². The fourth-order valence-corrected chi connectivity index (χ4v) is 4.66. The molecule has 1 N–H and O–H groups in total. The first-order valence-corrected chi connectivity index (χ1v) is 10.0. The highest BCUT2D eigenvalue weighted by Crippen LogP contribution is 2.43. The number of carbonyl (C=O) groups excluding carboxylic acids is 1. The number of piperazine rings is 1. The summed E-state index contributed by atoms with van der Waals surface area (Å²) in [5.41, 5.74) is 4.86. The van der Waals surface area contributed by atoms with Crippen molar-refractivity contribution in [2.45, 2.75) is 38.4 Å². The number of rotatable bonds is 5. The van der Waals surface area contributed by atoms with Gasteiger partial charge < -0.3 is 10.0 Å². The zero-order valence-corrected chi connectivity index (χ0v) is 16.6. The van der Waals surface area contributed by atoms with E-state index in [2.05, 4.69) is 66.4 Å². The zero-order chi connectivity index (χ0) is 19.7. The Balaban J connectivity index is 1.52. The molecule has 2 aliphatic rings. The van der Waals surface area contributed by atoms with Gasteiger partial charge in [-0.3, -0.25) is 9.69 Å². The highest BCUT2D eigenvalue weighted by molar-refractivity contribution is 5.81. The number of fused-ring (bicyclic) bond motifs is 1. The Morgan fingerprint density at radius 2 is 1.82 bits per heavy atom. The van der Waals surface area contributed by atoms with E-state index in [-0.39, 0.29) is 30.5 Å². The molecule has 0 spiro atoms. The monoisotopic (exact) mass is 376 g/mol. The van der Waals surface area contributed by atoms with E-state index in [1.54, 1.807) is 0 Å². The molecule has 28 heavy (non-hydrogen) atoms. The van der Waals surface area contributed by atoms with Crippen molar-refractivity contribution in [2.24, 2.45) is 0 Å². The summed E-state index contributed by atoms with van der Waals surface area (Å²) in [6, 6.07) is 17.1. The van der Waals surface area contributed by atoms with Crippen molar-refractivity contribution in [1.82, 2.24) is 9.80 Å². The van der Waals surface area contributed by atoms with Crippen molar-refractivity contribution < 1.29 is 9.90 Å². The summed E-state index contributed by atoms with van der Waals surface area (Å²) in [5, 5.41) is 9.92. The van der Waals surface area contributed by atoms with Crippen molar-refractivity contribution in [1.29, 1.82) is 0 Å². The van der Waals surface area contributed by atoms with Crippen molar-refractivity contribution in [3.8, 4) is 0 Å². The molecule has 2 fully saturated rings. The third-order valence-electron chi connectivity index (χ3n) is 6.03. The van der Waals surface area contributed by atoms with Crippen LogP contribution in [0.2, 0.25) is 0 Å². The molecule has 0 saturated carbocycles. The molecule has 2 saturated heterocycles. The number of benzene rings is 2. The molecule has 146 valence electrons. The molecule has 2 aromatic carbocycles. The Kier molecular flexibility index (Phi) is 5.33. The molecule has 1 amide bonds. The lowest BCUT2D eigenvalue weighted by atomic mass is 9.73. The summed E-state index contributed by atoms with van der Waals surface area (Å²) in [5.74, 6) is 0.318. The van der Waals surface area contributed by atoms with Gasteiger partial charge in [0, 0.05) is 19.0 Å². The SMILES string of the molecule is C/C=C/c1ccc([C@@H]2[C@@H](CO)N3C(=O)CN(Cc4ccc(C)cc4)C[C@@H]23)cc1. The smallest absolute Gasteiger partial charge is 0.237 e. The third kappa shape index (κ3) is 3.50. The lowest BCUT2D eigenvalue weighted by Gasteiger charge is -2.59. The van der Waals surface area contributed by atoms with Gasteiger partial charge in [-0.2, -0.15) is 0 Å².